The number of hydrogen-bond donors (Lipinski definition) is 0. The van der Waals surface area contributed by atoms with Crippen molar-refractivity contribution in [3.05, 3.63) is 41.2 Å². The summed E-state index contributed by atoms with van der Waals surface area (Å²) in [5.41, 5.74) is 0.558. The Bertz CT molecular complexity index is 408. The van der Waals surface area contributed by atoms with E-state index >= 15 is 0 Å². The van der Waals surface area contributed by atoms with Gasteiger partial charge in [-0.2, -0.15) is 0 Å². The molecular weight excluding hydrogens is 275 g/mol. The topological polar surface area (TPSA) is 43.6 Å². The van der Waals surface area contributed by atoms with E-state index in [0.29, 0.717) is 37.0 Å². The van der Waals surface area contributed by atoms with E-state index in [1.54, 1.807) is 24.3 Å². The van der Waals surface area contributed by atoms with E-state index in [0.717, 1.165) is 0 Å². The molecule has 90 valence electrons. The number of morpholine rings is 1. The number of amides is 1. The number of hydrogen-bond acceptors (Lipinski definition) is 3. The molecule has 6 heteroatoms. The predicted molar refractivity (Wildman–Crippen MR) is 69.1 cm³/mol. The zero-order valence-electron chi connectivity index (χ0n) is 10.3. The Hall–Kier alpha value is 0.176. The standard InChI is InChI=1S/C12H14N2O2S.K/c15-11(10-4-2-1-3-5-10)13-12(17)14-6-8-16-9-7-14;/h1-5H,6-9H2,(H,13,15,17);/q;+1/p-1. The number of carbonyl (C=O) groups excluding carboxylic acids is 1. The number of thiocarbonyl (C=S) groups is 1. The summed E-state index contributed by atoms with van der Waals surface area (Å²) in [6, 6.07) is 8.93. The van der Waals surface area contributed by atoms with Crippen molar-refractivity contribution in [2.24, 2.45) is 0 Å². The molecule has 1 aliphatic heterocycles. The number of benzene rings is 1. The van der Waals surface area contributed by atoms with Gasteiger partial charge in [0.2, 0.25) is 0 Å². The van der Waals surface area contributed by atoms with E-state index in [4.69, 9.17) is 17.0 Å². The molecule has 1 aromatic rings. The molecule has 1 saturated heterocycles. The maximum Gasteiger partial charge on any atom is 1.00 e. The molecule has 0 aliphatic carbocycles. The van der Waals surface area contributed by atoms with Crippen molar-refractivity contribution in [1.29, 1.82) is 0 Å². The van der Waals surface area contributed by atoms with Gasteiger partial charge < -0.3 is 15.0 Å². The smallest absolute Gasteiger partial charge is 0.455 e. The monoisotopic (exact) mass is 288 g/mol. The van der Waals surface area contributed by atoms with Crippen LogP contribution in [0.4, 0.5) is 0 Å². The summed E-state index contributed by atoms with van der Waals surface area (Å²) in [7, 11) is 0. The fourth-order valence-corrected chi connectivity index (χ4v) is 1.82. The summed E-state index contributed by atoms with van der Waals surface area (Å²) < 4.78 is 5.21. The molecule has 0 saturated carbocycles. The molecule has 0 radical (unpaired) electrons. The maximum absolute atomic E-state index is 11.8. The van der Waals surface area contributed by atoms with Gasteiger partial charge in [-0.3, -0.25) is 4.79 Å². The van der Waals surface area contributed by atoms with Crippen molar-refractivity contribution in [1.82, 2.24) is 4.90 Å². The van der Waals surface area contributed by atoms with Crippen molar-refractivity contribution in [3.63, 3.8) is 0 Å². The second-order valence-electron chi connectivity index (χ2n) is 3.66. The Labute approximate surface area is 154 Å². The summed E-state index contributed by atoms with van der Waals surface area (Å²) in [5.74, 6) is -0.290. The average molecular weight is 288 g/mol. The van der Waals surface area contributed by atoms with Gasteiger partial charge in [-0.1, -0.05) is 42.5 Å². The van der Waals surface area contributed by atoms with Crippen molar-refractivity contribution in [2.75, 3.05) is 26.3 Å². The van der Waals surface area contributed by atoms with Crippen LogP contribution in [0.25, 0.3) is 5.32 Å². The van der Waals surface area contributed by atoms with E-state index in [1.807, 2.05) is 11.0 Å². The number of ether oxygens (including phenoxy) is 1. The molecule has 0 bridgehead atoms. The molecule has 0 atom stereocenters. The molecule has 2 rings (SSSR count). The van der Waals surface area contributed by atoms with Crippen molar-refractivity contribution in [3.8, 4) is 0 Å². The zero-order chi connectivity index (χ0) is 12.1. The van der Waals surface area contributed by atoms with E-state index in [-0.39, 0.29) is 57.3 Å². The average Bonchev–Trinajstić information content (AvgIpc) is 2.40. The van der Waals surface area contributed by atoms with Crippen LogP contribution in [0.3, 0.4) is 0 Å². The quantitative estimate of drug-likeness (QED) is 0.482. The number of carbonyl (C=O) groups is 1. The van der Waals surface area contributed by atoms with Crippen molar-refractivity contribution >= 4 is 23.2 Å². The van der Waals surface area contributed by atoms with Gasteiger partial charge in [0.15, 0.2) is 5.91 Å². The first-order valence-electron chi connectivity index (χ1n) is 5.45. The second kappa shape index (κ2) is 8.37. The van der Waals surface area contributed by atoms with Crippen LogP contribution in [-0.2, 0) is 4.74 Å². The van der Waals surface area contributed by atoms with Gasteiger partial charge in [0.1, 0.15) is 0 Å². The Morgan fingerprint density at radius 1 is 1.22 bits per heavy atom. The van der Waals surface area contributed by atoms with Gasteiger partial charge in [-0.05, 0) is 13.1 Å². The van der Waals surface area contributed by atoms with Crippen LogP contribution in [0, 0.1) is 0 Å². The summed E-state index contributed by atoms with van der Waals surface area (Å²) >= 11 is 5.13. The van der Waals surface area contributed by atoms with Gasteiger partial charge in [-0.15, -0.1) is 0 Å². The van der Waals surface area contributed by atoms with Crippen molar-refractivity contribution < 1.29 is 60.9 Å². The Balaban J connectivity index is 0.00000162. The molecule has 0 unspecified atom stereocenters. The molecular formula is C12H13KN2O2S. The van der Waals surface area contributed by atoms with Gasteiger partial charge in [-0.25, -0.2) is 0 Å². The van der Waals surface area contributed by atoms with Gasteiger partial charge in [0, 0.05) is 23.9 Å². The molecule has 1 aromatic carbocycles. The summed E-state index contributed by atoms with van der Waals surface area (Å²) in [6.45, 7) is 2.67. The molecule has 1 heterocycles. The van der Waals surface area contributed by atoms with Crippen LogP contribution >= 0.6 is 12.2 Å². The van der Waals surface area contributed by atoms with Crippen LogP contribution in [-0.4, -0.2) is 42.2 Å². The van der Waals surface area contributed by atoms with Gasteiger partial charge >= 0.3 is 51.4 Å². The van der Waals surface area contributed by atoms with Crippen LogP contribution < -0.4 is 51.4 Å². The molecule has 1 fully saturated rings. The van der Waals surface area contributed by atoms with Gasteiger partial charge in [0.05, 0.1) is 0 Å². The molecule has 4 nitrogen and oxygen atoms in total. The summed E-state index contributed by atoms with van der Waals surface area (Å²) in [5, 5.41) is 4.28. The molecule has 0 N–H and O–H groups in total. The minimum atomic E-state index is -0.290. The summed E-state index contributed by atoms with van der Waals surface area (Å²) in [6.07, 6.45) is 0. The minimum absolute atomic E-state index is 0. The van der Waals surface area contributed by atoms with E-state index in [2.05, 4.69) is 5.32 Å². The van der Waals surface area contributed by atoms with E-state index in [9.17, 15) is 4.79 Å². The fourth-order valence-electron chi connectivity index (χ4n) is 1.56. The third-order valence-electron chi connectivity index (χ3n) is 2.50. The minimum Gasteiger partial charge on any atom is -0.455 e. The van der Waals surface area contributed by atoms with E-state index < -0.39 is 0 Å². The van der Waals surface area contributed by atoms with Gasteiger partial charge in [0.25, 0.3) is 0 Å². The predicted octanol–water partition coefficient (Wildman–Crippen LogP) is -1.18. The third kappa shape index (κ3) is 4.69. The molecule has 0 aromatic heterocycles. The summed E-state index contributed by atoms with van der Waals surface area (Å²) in [4.78, 5) is 13.7. The van der Waals surface area contributed by atoms with Crippen LogP contribution in [0.15, 0.2) is 30.3 Å². The zero-order valence-corrected chi connectivity index (χ0v) is 14.3. The van der Waals surface area contributed by atoms with E-state index in [1.165, 1.54) is 0 Å². The number of nitrogens with zero attached hydrogens (tertiary/aromatic N) is 2. The fraction of sp³-hybridized carbons (Fsp3) is 0.333. The largest absolute Gasteiger partial charge is 1.00 e. The third-order valence-corrected chi connectivity index (χ3v) is 2.85. The molecule has 0 spiro atoms. The number of rotatable bonds is 1. The Kier molecular flexibility index (Phi) is 7.55. The van der Waals surface area contributed by atoms with Crippen LogP contribution in [0.1, 0.15) is 10.4 Å². The van der Waals surface area contributed by atoms with Crippen molar-refractivity contribution in [2.45, 2.75) is 0 Å². The first-order valence-corrected chi connectivity index (χ1v) is 5.86. The Morgan fingerprint density at radius 3 is 2.44 bits per heavy atom. The second-order valence-corrected chi connectivity index (χ2v) is 4.03. The first kappa shape index (κ1) is 16.2. The SMILES string of the molecule is O=C([N-]C(=S)N1CCOCC1)c1ccccc1.[K+]. The molecule has 1 amide bonds. The van der Waals surface area contributed by atoms with Crippen LogP contribution in [0.5, 0.6) is 0 Å². The van der Waals surface area contributed by atoms with Crippen LogP contribution in [0.2, 0.25) is 0 Å². The maximum atomic E-state index is 11.8. The molecule has 18 heavy (non-hydrogen) atoms. The molecule has 1 aliphatic rings. The Morgan fingerprint density at radius 2 is 1.83 bits per heavy atom. The normalized spacial score (nSPS) is 14.6. The first-order chi connectivity index (χ1) is 8.27.